The summed E-state index contributed by atoms with van der Waals surface area (Å²) in [5.41, 5.74) is 3.63. The zero-order valence-electron chi connectivity index (χ0n) is 11.7. The first-order valence-corrected chi connectivity index (χ1v) is 7.11. The number of rotatable bonds is 6. The molecule has 6 nitrogen and oxygen atoms in total. The maximum absolute atomic E-state index is 11.9. The SMILES string of the molecule is NNC(=O)c1oc2ccccc2c1CN(CCO)C1CC1. The lowest BCUT2D eigenvalue weighted by Gasteiger charge is -2.20. The van der Waals surface area contributed by atoms with Crippen molar-refractivity contribution in [2.75, 3.05) is 13.2 Å². The van der Waals surface area contributed by atoms with Crippen molar-refractivity contribution in [2.45, 2.75) is 25.4 Å². The highest BCUT2D eigenvalue weighted by atomic mass is 16.3. The highest BCUT2D eigenvalue weighted by molar-refractivity contribution is 5.98. The van der Waals surface area contributed by atoms with Gasteiger partial charge in [0.2, 0.25) is 0 Å². The van der Waals surface area contributed by atoms with Crippen LogP contribution >= 0.6 is 0 Å². The number of para-hydroxylation sites is 1. The molecule has 2 aromatic rings. The van der Waals surface area contributed by atoms with Crippen LogP contribution in [-0.2, 0) is 6.54 Å². The molecule has 1 aliphatic rings. The number of hydrogen-bond donors (Lipinski definition) is 3. The van der Waals surface area contributed by atoms with E-state index in [1.807, 2.05) is 24.3 Å². The van der Waals surface area contributed by atoms with Crippen molar-refractivity contribution in [3.8, 4) is 0 Å². The van der Waals surface area contributed by atoms with Gasteiger partial charge in [0.1, 0.15) is 5.58 Å². The van der Waals surface area contributed by atoms with Crippen LogP contribution in [-0.4, -0.2) is 35.1 Å². The van der Waals surface area contributed by atoms with Crippen LogP contribution in [0.1, 0.15) is 29.0 Å². The maximum atomic E-state index is 11.9. The second-order valence-electron chi connectivity index (χ2n) is 5.30. The molecular formula is C15H19N3O3. The van der Waals surface area contributed by atoms with Gasteiger partial charge in [0, 0.05) is 30.1 Å². The predicted octanol–water partition coefficient (Wildman–Crippen LogP) is 0.993. The van der Waals surface area contributed by atoms with Crippen molar-refractivity contribution in [3.63, 3.8) is 0 Å². The van der Waals surface area contributed by atoms with Gasteiger partial charge in [-0.2, -0.15) is 0 Å². The Kier molecular flexibility index (Phi) is 3.92. The molecule has 1 amide bonds. The van der Waals surface area contributed by atoms with Gasteiger partial charge < -0.3 is 9.52 Å². The summed E-state index contributed by atoms with van der Waals surface area (Å²) in [5.74, 6) is 5.07. The number of hydrogen-bond acceptors (Lipinski definition) is 5. The van der Waals surface area contributed by atoms with Crippen LogP contribution in [0.3, 0.4) is 0 Å². The van der Waals surface area contributed by atoms with E-state index in [4.69, 9.17) is 10.3 Å². The summed E-state index contributed by atoms with van der Waals surface area (Å²) in [6.45, 7) is 1.27. The Morgan fingerprint density at radius 1 is 1.43 bits per heavy atom. The molecule has 4 N–H and O–H groups in total. The third-order valence-corrected chi connectivity index (χ3v) is 3.85. The van der Waals surface area contributed by atoms with E-state index in [1.54, 1.807) is 0 Å². The van der Waals surface area contributed by atoms with Gasteiger partial charge >= 0.3 is 5.91 Å². The van der Waals surface area contributed by atoms with Gasteiger partial charge in [0.15, 0.2) is 5.76 Å². The molecule has 0 bridgehead atoms. The number of amides is 1. The van der Waals surface area contributed by atoms with Gasteiger partial charge in [0.05, 0.1) is 6.61 Å². The monoisotopic (exact) mass is 289 g/mol. The van der Waals surface area contributed by atoms with Gasteiger partial charge in [0.25, 0.3) is 0 Å². The number of benzene rings is 1. The normalized spacial score (nSPS) is 14.8. The third kappa shape index (κ3) is 2.78. The van der Waals surface area contributed by atoms with Crippen LogP contribution in [0.2, 0.25) is 0 Å². The Labute approximate surface area is 122 Å². The minimum atomic E-state index is -0.430. The van der Waals surface area contributed by atoms with E-state index in [2.05, 4.69) is 10.3 Å². The highest BCUT2D eigenvalue weighted by Gasteiger charge is 2.31. The number of nitrogens with zero attached hydrogens (tertiary/aromatic N) is 1. The van der Waals surface area contributed by atoms with E-state index >= 15 is 0 Å². The topological polar surface area (TPSA) is 91.7 Å². The molecule has 1 heterocycles. The van der Waals surface area contributed by atoms with Gasteiger partial charge in [-0.05, 0) is 18.9 Å². The van der Waals surface area contributed by atoms with Gasteiger partial charge in [-0.3, -0.25) is 15.1 Å². The minimum absolute atomic E-state index is 0.102. The largest absolute Gasteiger partial charge is 0.451 e. The zero-order valence-corrected chi connectivity index (χ0v) is 11.7. The summed E-state index contributed by atoms with van der Waals surface area (Å²) in [6, 6.07) is 8.04. The first-order chi connectivity index (χ1) is 10.2. The Hall–Kier alpha value is -1.89. The first-order valence-electron chi connectivity index (χ1n) is 7.11. The Bertz CT molecular complexity index is 649. The van der Waals surface area contributed by atoms with Crippen molar-refractivity contribution in [3.05, 3.63) is 35.6 Å². The van der Waals surface area contributed by atoms with Gasteiger partial charge in [-0.1, -0.05) is 18.2 Å². The number of furan rings is 1. The molecule has 3 rings (SSSR count). The molecule has 112 valence electrons. The van der Waals surface area contributed by atoms with Crippen LogP contribution in [0.5, 0.6) is 0 Å². The number of carbonyl (C=O) groups is 1. The molecule has 1 aliphatic carbocycles. The van der Waals surface area contributed by atoms with E-state index in [1.165, 1.54) is 0 Å². The molecule has 0 unspecified atom stereocenters. The van der Waals surface area contributed by atoms with Crippen LogP contribution in [0, 0.1) is 0 Å². The number of hydrazine groups is 1. The summed E-state index contributed by atoms with van der Waals surface area (Å²) >= 11 is 0. The third-order valence-electron chi connectivity index (χ3n) is 3.85. The Morgan fingerprint density at radius 3 is 2.86 bits per heavy atom. The van der Waals surface area contributed by atoms with Crippen molar-refractivity contribution in [1.82, 2.24) is 10.3 Å². The number of nitrogen functional groups attached to an aromatic ring is 1. The molecule has 0 saturated heterocycles. The molecule has 21 heavy (non-hydrogen) atoms. The summed E-state index contributed by atoms with van der Waals surface area (Å²) in [4.78, 5) is 14.1. The smallest absolute Gasteiger partial charge is 0.301 e. The van der Waals surface area contributed by atoms with E-state index in [0.29, 0.717) is 24.7 Å². The standard InChI is InChI=1S/C15H19N3O3/c16-17-15(20)14-12(9-18(7-8-19)10-5-6-10)11-3-1-2-4-13(11)21-14/h1-4,10,19H,5-9,16H2,(H,17,20). The van der Waals surface area contributed by atoms with Crippen molar-refractivity contribution >= 4 is 16.9 Å². The van der Waals surface area contributed by atoms with Crippen molar-refractivity contribution < 1.29 is 14.3 Å². The van der Waals surface area contributed by atoms with Gasteiger partial charge in [-0.15, -0.1) is 0 Å². The number of nitrogens with two attached hydrogens (primary N) is 1. The fourth-order valence-electron chi connectivity index (χ4n) is 2.67. The first kappa shape index (κ1) is 14.1. The lowest BCUT2D eigenvalue weighted by Crippen LogP contribution is -2.32. The maximum Gasteiger partial charge on any atom is 0.301 e. The lowest BCUT2D eigenvalue weighted by atomic mass is 10.1. The molecule has 0 aliphatic heterocycles. The molecule has 0 radical (unpaired) electrons. The number of aliphatic hydroxyl groups excluding tert-OH is 1. The van der Waals surface area contributed by atoms with Gasteiger partial charge in [-0.25, -0.2) is 5.84 Å². The Morgan fingerprint density at radius 2 is 2.19 bits per heavy atom. The number of nitrogens with one attached hydrogen (secondary N) is 1. The van der Waals surface area contributed by atoms with E-state index < -0.39 is 5.91 Å². The molecule has 1 fully saturated rings. The van der Waals surface area contributed by atoms with E-state index in [0.717, 1.165) is 23.8 Å². The van der Waals surface area contributed by atoms with Crippen LogP contribution < -0.4 is 11.3 Å². The lowest BCUT2D eigenvalue weighted by molar-refractivity contribution is 0.0924. The number of carbonyl (C=O) groups excluding carboxylic acids is 1. The molecule has 1 aromatic carbocycles. The summed E-state index contributed by atoms with van der Waals surface area (Å²) in [7, 11) is 0. The summed E-state index contributed by atoms with van der Waals surface area (Å²) in [6.07, 6.45) is 2.27. The number of aliphatic hydroxyl groups is 1. The molecule has 1 aromatic heterocycles. The molecule has 0 atom stereocenters. The quantitative estimate of drug-likeness (QED) is 0.419. The zero-order chi connectivity index (χ0) is 14.8. The van der Waals surface area contributed by atoms with E-state index in [-0.39, 0.29) is 12.4 Å². The highest BCUT2D eigenvalue weighted by Crippen LogP contribution is 2.32. The summed E-state index contributed by atoms with van der Waals surface area (Å²) in [5, 5.41) is 10.1. The second kappa shape index (κ2) is 5.85. The van der Waals surface area contributed by atoms with Crippen molar-refractivity contribution in [2.24, 2.45) is 5.84 Å². The van der Waals surface area contributed by atoms with Crippen molar-refractivity contribution in [1.29, 1.82) is 0 Å². The van der Waals surface area contributed by atoms with Crippen LogP contribution in [0.4, 0.5) is 0 Å². The average molecular weight is 289 g/mol. The number of fused-ring (bicyclic) bond motifs is 1. The average Bonchev–Trinajstić information content (AvgIpc) is 3.29. The molecular weight excluding hydrogens is 270 g/mol. The van der Waals surface area contributed by atoms with Crippen LogP contribution in [0.15, 0.2) is 28.7 Å². The minimum Gasteiger partial charge on any atom is -0.451 e. The summed E-state index contributed by atoms with van der Waals surface area (Å²) < 4.78 is 5.65. The Balaban J connectivity index is 1.99. The van der Waals surface area contributed by atoms with E-state index in [9.17, 15) is 9.90 Å². The fraction of sp³-hybridized carbons (Fsp3) is 0.400. The molecule has 6 heteroatoms. The second-order valence-corrected chi connectivity index (χ2v) is 5.30. The van der Waals surface area contributed by atoms with Crippen LogP contribution in [0.25, 0.3) is 11.0 Å². The molecule has 1 saturated carbocycles. The predicted molar refractivity (Wildman–Crippen MR) is 78.4 cm³/mol. The molecule has 0 spiro atoms. The fourth-order valence-corrected chi connectivity index (χ4v) is 2.67.